The number of anilines is 2. The Hall–Kier alpha value is -5.39. The van der Waals surface area contributed by atoms with Crippen molar-refractivity contribution in [2.24, 2.45) is 0 Å². The lowest BCUT2D eigenvalue weighted by molar-refractivity contribution is -0.117. The first kappa shape index (κ1) is 35.9. The van der Waals surface area contributed by atoms with Crippen LogP contribution in [0, 0.1) is 41.5 Å². The van der Waals surface area contributed by atoms with Crippen LogP contribution >= 0.6 is 7.14 Å². The van der Waals surface area contributed by atoms with Crippen LogP contribution < -0.4 is 15.9 Å². The molecule has 8 heteroatoms. The number of benzene rings is 5. The average Bonchev–Trinajstić information content (AvgIpc) is 3.09. The maximum Gasteiger partial charge on any atom is 0.323 e. The summed E-state index contributed by atoms with van der Waals surface area (Å²) in [5.41, 5.74) is 4.87. The van der Waals surface area contributed by atoms with E-state index in [4.69, 9.17) is 0 Å². The third kappa shape index (κ3) is 7.29. The van der Waals surface area contributed by atoms with Crippen molar-refractivity contribution in [3.63, 3.8) is 0 Å². The van der Waals surface area contributed by atoms with Crippen molar-refractivity contribution in [2.45, 2.75) is 54.4 Å². The van der Waals surface area contributed by atoms with Gasteiger partial charge in [-0.3, -0.25) is 14.4 Å². The first-order chi connectivity index (χ1) is 23.8. The molecule has 2 amide bonds. The van der Waals surface area contributed by atoms with E-state index in [1.807, 2.05) is 56.3 Å². The van der Waals surface area contributed by atoms with Gasteiger partial charge in [-0.25, -0.2) is 4.79 Å². The predicted octanol–water partition coefficient (Wildman–Crippen LogP) is 9.20. The van der Waals surface area contributed by atoms with Crippen LogP contribution in [0.1, 0.15) is 65.2 Å². The van der Waals surface area contributed by atoms with Crippen molar-refractivity contribution < 1.29 is 23.7 Å². The van der Waals surface area contributed by atoms with Crippen molar-refractivity contribution in [3.05, 3.63) is 159 Å². The summed E-state index contributed by atoms with van der Waals surface area (Å²) in [5, 5.41) is 5.76. The van der Waals surface area contributed by atoms with Crippen molar-refractivity contribution in [3.8, 4) is 0 Å². The van der Waals surface area contributed by atoms with Gasteiger partial charge in [0.25, 0.3) is 0 Å². The highest BCUT2D eigenvalue weighted by Gasteiger charge is 2.45. The van der Waals surface area contributed by atoms with Crippen molar-refractivity contribution in [1.29, 1.82) is 0 Å². The number of aryl methyl sites for hydroxylation is 4. The second-order valence-electron chi connectivity index (χ2n) is 12.8. The topological polar surface area (TPSA) is 109 Å². The van der Waals surface area contributed by atoms with Gasteiger partial charge in [0.15, 0.2) is 0 Å². The fraction of sp³-hybridized carbons (Fsp3) is 0.190. The molecule has 0 aliphatic rings. The van der Waals surface area contributed by atoms with E-state index >= 15 is 4.57 Å². The second kappa shape index (κ2) is 15.0. The largest absolute Gasteiger partial charge is 0.323 e. The fourth-order valence-electron chi connectivity index (χ4n) is 6.69. The van der Waals surface area contributed by atoms with E-state index < -0.39 is 24.2 Å². The highest BCUT2D eigenvalue weighted by molar-refractivity contribution is 8.01. The molecule has 0 saturated carbocycles. The normalized spacial score (nSPS) is 12.1. The van der Waals surface area contributed by atoms with Gasteiger partial charge in [0, 0.05) is 40.6 Å². The van der Waals surface area contributed by atoms with Crippen LogP contribution in [0.25, 0.3) is 0 Å². The van der Waals surface area contributed by atoms with E-state index in [-0.39, 0.29) is 35.1 Å². The Morgan fingerprint density at radius 3 is 1.64 bits per heavy atom. The highest BCUT2D eigenvalue weighted by atomic mass is 31.2. The minimum absolute atomic E-state index is 0.0193. The maximum absolute atomic E-state index is 15.5. The van der Waals surface area contributed by atoms with E-state index in [9.17, 15) is 19.2 Å². The molecule has 0 heterocycles. The average molecular weight is 685 g/mol. The zero-order chi connectivity index (χ0) is 36.2. The summed E-state index contributed by atoms with van der Waals surface area (Å²) in [7, 11) is -4.54. The molecule has 5 aromatic rings. The Bertz CT molecular complexity index is 2030. The number of hydrogen-bond donors (Lipinski definition) is 2. The summed E-state index contributed by atoms with van der Waals surface area (Å²) in [4.78, 5) is 56.0. The van der Waals surface area contributed by atoms with Gasteiger partial charge >= 0.3 is 6.03 Å². The van der Waals surface area contributed by atoms with Crippen molar-refractivity contribution in [2.75, 3.05) is 10.6 Å². The SMILES string of the molecule is Cc1cc(C)c(C(=O)P(=O)(C(=O)c2c(C)cc(C)c(NC(=O)Nc3ccccc3)c2C)c2ccccc2)c(C)c1CC(=O)Cc1ccccc1. The molecule has 1 unspecified atom stereocenters. The van der Waals surface area contributed by atoms with Crippen LogP contribution in [0.15, 0.2) is 103 Å². The van der Waals surface area contributed by atoms with Crippen LogP contribution in [0.2, 0.25) is 0 Å². The molecule has 0 radical (unpaired) electrons. The Morgan fingerprint density at radius 2 is 1.06 bits per heavy atom. The molecule has 0 aliphatic heterocycles. The predicted molar refractivity (Wildman–Crippen MR) is 202 cm³/mol. The number of carbonyl (C=O) groups excluding carboxylic acids is 4. The molecule has 0 saturated heterocycles. The van der Waals surface area contributed by atoms with Crippen molar-refractivity contribution >= 4 is 46.7 Å². The van der Waals surface area contributed by atoms with Gasteiger partial charge < -0.3 is 15.2 Å². The zero-order valence-electron chi connectivity index (χ0n) is 29.2. The van der Waals surface area contributed by atoms with Crippen LogP contribution in [-0.2, 0) is 22.2 Å². The third-order valence-corrected chi connectivity index (χ3v) is 11.7. The molecule has 0 aromatic heterocycles. The molecule has 1 atom stereocenters. The number of Topliss-reactive ketones (excluding diaryl/α,β-unsaturated/α-hetero) is 1. The quantitative estimate of drug-likeness (QED) is 0.135. The van der Waals surface area contributed by atoms with E-state index in [1.54, 1.807) is 88.4 Å². The van der Waals surface area contributed by atoms with E-state index in [0.717, 1.165) is 11.1 Å². The van der Waals surface area contributed by atoms with Gasteiger partial charge in [0.1, 0.15) is 5.78 Å². The van der Waals surface area contributed by atoms with E-state index in [1.165, 1.54) is 0 Å². The fourth-order valence-corrected chi connectivity index (χ4v) is 9.26. The minimum atomic E-state index is -4.54. The summed E-state index contributed by atoms with van der Waals surface area (Å²) < 4.78 is 15.5. The number of ketones is 1. The van der Waals surface area contributed by atoms with Gasteiger partial charge in [0.2, 0.25) is 18.2 Å². The van der Waals surface area contributed by atoms with Crippen LogP contribution in [-0.4, -0.2) is 22.9 Å². The lowest BCUT2D eigenvalue weighted by Gasteiger charge is -2.24. The Labute approximate surface area is 293 Å². The van der Waals surface area contributed by atoms with Gasteiger partial charge in [0.05, 0.1) is 0 Å². The summed E-state index contributed by atoms with van der Waals surface area (Å²) in [6.45, 7) is 10.6. The molecule has 7 nitrogen and oxygen atoms in total. The molecule has 5 aromatic carbocycles. The number of para-hydroxylation sites is 1. The molecule has 5 rings (SSSR count). The number of carbonyl (C=O) groups is 4. The molecule has 50 heavy (non-hydrogen) atoms. The van der Waals surface area contributed by atoms with Gasteiger partial charge in [-0.2, -0.15) is 0 Å². The molecule has 0 spiro atoms. The first-order valence-corrected chi connectivity index (χ1v) is 18.2. The van der Waals surface area contributed by atoms with Crippen LogP contribution in [0.4, 0.5) is 16.2 Å². The highest BCUT2D eigenvalue weighted by Crippen LogP contribution is 2.53. The molecule has 0 fully saturated rings. The number of urea groups is 1. The summed E-state index contributed by atoms with van der Waals surface area (Å²) in [6.07, 6.45) is 0.330. The van der Waals surface area contributed by atoms with Gasteiger partial charge in [-0.1, -0.05) is 91.0 Å². The molecule has 0 aliphatic carbocycles. The first-order valence-electron chi connectivity index (χ1n) is 16.5. The second-order valence-corrected chi connectivity index (χ2v) is 15.3. The molecular weight excluding hydrogens is 643 g/mol. The Kier molecular flexibility index (Phi) is 10.8. The number of amides is 2. The zero-order valence-corrected chi connectivity index (χ0v) is 30.1. The number of nitrogens with one attached hydrogen (secondary N) is 2. The smallest absolute Gasteiger partial charge is 0.308 e. The van der Waals surface area contributed by atoms with Gasteiger partial charge in [-0.05, 0) is 98.2 Å². The van der Waals surface area contributed by atoms with Crippen LogP contribution in [0.5, 0.6) is 0 Å². The third-order valence-electron chi connectivity index (χ3n) is 9.11. The number of rotatable bonds is 11. The Balaban J connectivity index is 1.58. The number of hydrogen-bond acceptors (Lipinski definition) is 5. The monoisotopic (exact) mass is 684 g/mol. The Morgan fingerprint density at radius 1 is 0.560 bits per heavy atom. The maximum atomic E-state index is 15.5. The summed E-state index contributed by atoms with van der Waals surface area (Å²) >= 11 is 0. The molecule has 0 bridgehead atoms. The van der Waals surface area contributed by atoms with E-state index in [2.05, 4.69) is 10.6 Å². The standard InChI is InChI=1S/C42H41N2O5P/c1-26-22-27(2)37(30(5)36(26)25-34(45)24-32-16-10-7-11-17-32)40(46)50(49,35-20-14-9-15-21-35)41(47)38-28(3)23-29(4)39(31(38)6)44-42(48)43-33-18-12-8-13-19-33/h7-23H,24-25H2,1-6H3,(H2,43,44,48). The lowest BCUT2D eigenvalue weighted by atomic mass is 9.90. The van der Waals surface area contributed by atoms with E-state index in [0.29, 0.717) is 44.8 Å². The molecular formula is C42H41N2O5P. The van der Waals surface area contributed by atoms with Crippen LogP contribution in [0.3, 0.4) is 0 Å². The molecule has 2 N–H and O–H groups in total. The molecule has 254 valence electrons. The lowest BCUT2D eigenvalue weighted by Crippen LogP contribution is -2.25. The summed E-state index contributed by atoms with van der Waals surface area (Å²) in [6, 6.07) is 29.6. The summed E-state index contributed by atoms with van der Waals surface area (Å²) in [5.74, 6) is -0.0193. The van der Waals surface area contributed by atoms with Gasteiger partial charge in [-0.15, -0.1) is 0 Å². The van der Waals surface area contributed by atoms with Crippen molar-refractivity contribution in [1.82, 2.24) is 0 Å². The minimum Gasteiger partial charge on any atom is -0.308 e.